The molecule has 0 aliphatic rings. The van der Waals surface area contributed by atoms with Crippen LogP contribution in [0.15, 0.2) is 59.7 Å². The average Bonchev–Trinajstić information content (AvgIpc) is 2.59. The Balaban J connectivity index is 1.77. The molecule has 5 nitrogen and oxygen atoms in total. The Morgan fingerprint density at radius 3 is 2.38 bits per heavy atom. The number of amides is 2. The summed E-state index contributed by atoms with van der Waals surface area (Å²) in [4.78, 5) is 23.6. The zero-order valence-electron chi connectivity index (χ0n) is 13.3. The van der Waals surface area contributed by atoms with Crippen molar-refractivity contribution in [3.8, 4) is 0 Å². The largest absolute Gasteiger partial charge is 0.343 e. The number of benzene rings is 2. The summed E-state index contributed by atoms with van der Waals surface area (Å²) >= 11 is 5.76. The number of carbonyl (C=O) groups is 2. The Kier molecular flexibility index (Phi) is 6.51. The van der Waals surface area contributed by atoms with Gasteiger partial charge >= 0.3 is 0 Å². The minimum absolute atomic E-state index is 0.149. The first-order chi connectivity index (χ1) is 11.5. The Hall–Kier alpha value is -2.66. The monoisotopic (exact) mass is 343 g/mol. The predicted octanol–water partition coefficient (Wildman–Crippen LogP) is 2.80. The first-order valence-electron chi connectivity index (χ1n) is 7.44. The first-order valence-corrected chi connectivity index (χ1v) is 7.82. The standard InChI is InChI=1S/C18H18ClN3O2/c1-13(11-14-5-3-2-4-6-14)21-22-17(23)12-20-18(24)15-7-9-16(19)10-8-15/h2-10H,11-12H2,1H3,(H,20,24)(H,22,23)/b21-13-. The molecule has 0 aliphatic carbocycles. The fourth-order valence-corrected chi connectivity index (χ4v) is 2.12. The van der Waals surface area contributed by atoms with Gasteiger partial charge in [-0.05, 0) is 36.8 Å². The molecule has 0 saturated carbocycles. The van der Waals surface area contributed by atoms with Gasteiger partial charge in [0, 0.05) is 22.7 Å². The van der Waals surface area contributed by atoms with Crippen molar-refractivity contribution in [2.45, 2.75) is 13.3 Å². The SMILES string of the molecule is C/C(Cc1ccccc1)=N/NC(=O)CNC(=O)c1ccc(Cl)cc1. The van der Waals surface area contributed by atoms with E-state index >= 15 is 0 Å². The molecular weight excluding hydrogens is 326 g/mol. The highest BCUT2D eigenvalue weighted by atomic mass is 35.5. The number of carbonyl (C=O) groups excluding carboxylic acids is 2. The lowest BCUT2D eigenvalue weighted by Crippen LogP contribution is -2.35. The lowest BCUT2D eigenvalue weighted by Gasteiger charge is -2.05. The molecule has 0 radical (unpaired) electrons. The van der Waals surface area contributed by atoms with E-state index in [9.17, 15) is 9.59 Å². The number of rotatable bonds is 6. The molecule has 2 N–H and O–H groups in total. The van der Waals surface area contributed by atoms with E-state index in [0.29, 0.717) is 17.0 Å². The molecular formula is C18H18ClN3O2. The van der Waals surface area contributed by atoms with Crippen LogP contribution in [0.3, 0.4) is 0 Å². The molecule has 0 unspecified atom stereocenters. The third-order valence-electron chi connectivity index (χ3n) is 3.19. The van der Waals surface area contributed by atoms with Crippen molar-refractivity contribution < 1.29 is 9.59 Å². The van der Waals surface area contributed by atoms with Crippen LogP contribution in [-0.2, 0) is 11.2 Å². The van der Waals surface area contributed by atoms with Crippen LogP contribution in [0.2, 0.25) is 5.02 Å². The molecule has 2 aromatic rings. The smallest absolute Gasteiger partial charge is 0.259 e. The maximum atomic E-state index is 11.9. The van der Waals surface area contributed by atoms with Crippen molar-refractivity contribution in [1.29, 1.82) is 0 Å². The van der Waals surface area contributed by atoms with Crippen molar-refractivity contribution in [3.05, 3.63) is 70.7 Å². The van der Waals surface area contributed by atoms with Crippen LogP contribution in [-0.4, -0.2) is 24.1 Å². The molecule has 2 aromatic carbocycles. The zero-order valence-corrected chi connectivity index (χ0v) is 14.0. The van der Waals surface area contributed by atoms with Gasteiger partial charge in [0.05, 0.1) is 6.54 Å². The summed E-state index contributed by atoms with van der Waals surface area (Å²) in [7, 11) is 0. The summed E-state index contributed by atoms with van der Waals surface area (Å²) in [5.74, 6) is -0.725. The molecule has 2 rings (SSSR count). The van der Waals surface area contributed by atoms with Crippen LogP contribution in [0.5, 0.6) is 0 Å². The van der Waals surface area contributed by atoms with Gasteiger partial charge in [-0.1, -0.05) is 41.9 Å². The molecule has 124 valence electrons. The van der Waals surface area contributed by atoms with E-state index in [2.05, 4.69) is 15.8 Å². The van der Waals surface area contributed by atoms with Gasteiger partial charge in [-0.15, -0.1) is 0 Å². The van der Waals surface area contributed by atoms with Crippen molar-refractivity contribution in [3.63, 3.8) is 0 Å². The van der Waals surface area contributed by atoms with Gasteiger partial charge in [0.25, 0.3) is 11.8 Å². The minimum Gasteiger partial charge on any atom is -0.343 e. The van der Waals surface area contributed by atoms with Crippen LogP contribution < -0.4 is 10.7 Å². The summed E-state index contributed by atoms with van der Waals surface area (Å²) in [6.07, 6.45) is 0.651. The molecule has 0 fully saturated rings. The second-order valence-corrected chi connectivity index (χ2v) is 5.67. The van der Waals surface area contributed by atoms with E-state index in [1.165, 1.54) is 0 Å². The van der Waals surface area contributed by atoms with E-state index in [-0.39, 0.29) is 18.4 Å². The topological polar surface area (TPSA) is 70.6 Å². The van der Waals surface area contributed by atoms with Gasteiger partial charge in [-0.3, -0.25) is 9.59 Å². The minimum atomic E-state index is -0.385. The molecule has 24 heavy (non-hydrogen) atoms. The van der Waals surface area contributed by atoms with E-state index in [1.54, 1.807) is 24.3 Å². The van der Waals surface area contributed by atoms with Gasteiger partial charge in [-0.2, -0.15) is 5.10 Å². The normalized spacial score (nSPS) is 11.0. The third kappa shape index (κ3) is 5.85. The quantitative estimate of drug-likeness (QED) is 0.625. The lowest BCUT2D eigenvalue weighted by molar-refractivity contribution is -0.120. The molecule has 6 heteroatoms. The van der Waals surface area contributed by atoms with Gasteiger partial charge in [0.2, 0.25) is 0 Å². The maximum absolute atomic E-state index is 11.9. The molecule has 0 heterocycles. The second-order valence-electron chi connectivity index (χ2n) is 5.23. The maximum Gasteiger partial charge on any atom is 0.259 e. The van der Waals surface area contributed by atoms with E-state index in [1.807, 2.05) is 37.3 Å². The number of hydrazone groups is 1. The van der Waals surface area contributed by atoms with Crippen molar-refractivity contribution >= 4 is 29.1 Å². The van der Waals surface area contributed by atoms with Crippen LogP contribution in [0.1, 0.15) is 22.8 Å². The first kappa shape index (κ1) is 17.7. The Morgan fingerprint density at radius 1 is 1.04 bits per heavy atom. The molecule has 2 amide bonds. The van der Waals surface area contributed by atoms with Crippen LogP contribution in [0.4, 0.5) is 0 Å². The van der Waals surface area contributed by atoms with Crippen LogP contribution >= 0.6 is 11.6 Å². The zero-order chi connectivity index (χ0) is 17.4. The van der Waals surface area contributed by atoms with Gasteiger partial charge < -0.3 is 5.32 Å². The van der Waals surface area contributed by atoms with Crippen LogP contribution in [0, 0.1) is 0 Å². The third-order valence-corrected chi connectivity index (χ3v) is 3.44. The van der Waals surface area contributed by atoms with Crippen LogP contribution in [0.25, 0.3) is 0 Å². The lowest BCUT2D eigenvalue weighted by atomic mass is 10.1. The summed E-state index contributed by atoms with van der Waals surface area (Å²) in [5, 5.41) is 7.11. The summed E-state index contributed by atoms with van der Waals surface area (Å²) < 4.78 is 0. The summed E-state index contributed by atoms with van der Waals surface area (Å²) in [5.41, 5.74) is 4.76. The number of nitrogens with zero attached hydrogens (tertiary/aromatic N) is 1. The Labute approximate surface area is 145 Å². The van der Waals surface area contributed by atoms with E-state index in [4.69, 9.17) is 11.6 Å². The van der Waals surface area contributed by atoms with E-state index < -0.39 is 0 Å². The summed E-state index contributed by atoms with van der Waals surface area (Å²) in [6, 6.07) is 16.3. The fraction of sp³-hybridized carbons (Fsp3) is 0.167. The van der Waals surface area contributed by atoms with E-state index in [0.717, 1.165) is 11.3 Å². The molecule has 0 aromatic heterocycles. The highest BCUT2D eigenvalue weighted by molar-refractivity contribution is 6.30. The Morgan fingerprint density at radius 2 is 1.71 bits per heavy atom. The molecule has 0 bridgehead atoms. The number of hydrogen-bond acceptors (Lipinski definition) is 3. The van der Waals surface area contributed by atoms with Gasteiger partial charge in [0.15, 0.2) is 0 Å². The molecule has 0 atom stereocenters. The van der Waals surface area contributed by atoms with Crippen molar-refractivity contribution in [2.75, 3.05) is 6.54 Å². The predicted molar refractivity (Wildman–Crippen MR) is 95.2 cm³/mol. The highest BCUT2D eigenvalue weighted by Crippen LogP contribution is 2.09. The fourth-order valence-electron chi connectivity index (χ4n) is 1.99. The molecule has 0 aliphatic heterocycles. The number of halogens is 1. The number of hydrogen-bond donors (Lipinski definition) is 2. The van der Waals surface area contributed by atoms with Crippen molar-refractivity contribution in [1.82, 2.24) is 10.7 Å². The Bertz CT molecular complexity index is 728. The van der Waals surface area contributed by atoms with Gasteiger partial charge in [-0.25, -0.2) is 5.43 Å². The second kappa shape index (κ2) is 8.84. The molecule has 0 spiro atoms. The van der Waals surface area contributed by atoms with Gasteiger partial charge in [0.1, 0.15) is 0 Å². The molecule has 0 saturated heterocycles. The highest BCUT2D eigenvalue weighted by Gasteiger charge is 2.07. The average molecular weight is 344 g/mol. The van der Waals surface area contributed by atoms with Crippen molar-refractivity contribution in [2.24, 2.45) is 5.10 Å². The summed E-state index contributed by atoms with van der Waals surface area (Å²) in [6.45, 7) is 1.68. The number of nitrogens with one attached hydrogen (secondary N) is 2.